The van der Waals surface area contributed by atoms with E-state index in [9.17, 15) is 9.59 Å². The molecule has 6 heteroatoms. The second kappa shape index (κ2) is 5.51. The van der Waals surface area contributed by atoms with Crippen LogP contribution in [-0.4, -0.2) is 34.0 Å². The largest absolute Gasteiger partial charge is 0.480 e. The minimum Gasteiger partial charge on any atom is -0.480 e. The van der Waals surface area contributed by atoms with E-state index in [0.717, 1.165) is 17.7 Å². The molecular weight excluding hydrogens is 286 g/mol. The van der Waals surface area contributed by atoms with Gasteiger partial charge in [0, 0.05) is 10.9 Å². The third-order valence-electron chi connectivity index (χ3n) is 3.36. The predicted octanol–water partition coefficient (Wildman–Crippen LogP) is 2.97. The zero-order valence-corrected chi connectivity index (χ0v) is 12.4. The van der Waals surface area contributed by atoms with E-state index in [1.54, 1.807) is 19.9 Å². The van der Waals surface area contributed by atoms with E-state index in [0.29, 0.717) is 4.34 Å². The summed E-state index contributed by atoms with van der Waals surface area (Å²) >= 11 is 7.24. The van der Waals surface area contributed by atoms with E-state index in [1.165, 1.54) is 16.2 Å². The average Bonchev–Trinajstić information content (AvgIpc) is 3.09. The summed E-state index contributed by atoms with van der Waals surface area (Å²) in [6, 6.07) is 2.88. The van der Waals surface area contributed by atoms with Crippen molar-refractivity contribution in [2.75, 3.05) is 0 Å². The number of carbonyl (C=O) groups is 2. The van der Waals surface area contributed by atoms with Gasteiger partial charge in [-0.15, -0.1) is 11.3 Å². The molecule has 0 radical (unpaired) electrons. The van der Waals surface area contributed by atoms with Crippen LogP contribution in [0.4, 0.5) is 0 Å². The fourth-order valence-corrected chi connectivity index (χ4v) is 3.17. The molecule has 0 aliphatic heterocycles. The molecule has 1 aliphatic carbocycles. The Morgan fingerprint density at radius 1 is 1.42 bits per heavy atom. The minimum absolute atomic E-state index is 0.0801. The first-order chi connectivity index (χ1) is 8.91. The van der Waals surface area contributed by atoms with Gasteiger partial charge in [0.2, 0.25) is 5.91 Å². The van der Waals surface area contributed by atoms with E-state index in [-0.39, 0.29) is 17.9 Å². The van der Waals surface area contributed by atoms with Crippen molar-refractivity contribution in [3.05, 3.63) is 21.3 Å². The molecule has 2 atom stereocenters. The lowest BCUT2D eigenvalue weighted by molar-refractivity contribution is -0.150. The Morgan fingerprint density at radius 3 is 2.47 bits per heavy atom. The molecule has 1 aromatic rings. The van der Waals surface area contributed by atoms with Gasteiger partial charge in [0.15, 0.2) is 0 Å². The topological polar surface area (TPSA) is 57.6 Å². The molecule has 1 amide bonds. The Balaban J connectivity index is 2.17. The van der Waals surface area contributed by atoms with E-state index >= 15 is 0 Å². The van der Waals surface area contributed by atoms with Crippen molar-refractivity contribution in [1.29, 1.82) is 0 Å². The van der Waals surface area contributed by atoms with Crippen molar-refractivity contribution in [2.24, 2.45) is 0 Å². The Bertz CT molecular complexity index is 498. The number of carbonyl (C=O) groups excluding carboxylic acids is 1. The molecule has 0 bridgehead atoms. The van der Waals surface area contributed by atoms with Gasteiger partial charge in [-0.05, 0) is 38.8 Å². The third-order valence-corrected chi connectivity index (χ3v) is 4.77. The van der Waals surface area contributed by atoms with Crippen LogP contribution in [0.3, 0.4) is 0 Å². The monoisotopic (exact) mass is 301 g/mol. The molecule has 19 heavy (non-hydrogen) atoms. The highest BCUT2D eigenvalue weighted by molar-refractivity contribution is 7.16. The lowest BCUT2D eigenvalue weighted by Gasteiger charge is -2.28. The summed E-state index contributed by atoms with van der Waals surface area (Å²) in [6.07, 6.45) is 1.78. The Labute approximate surface area is 121 Å². The van der Waals surface area contributed by atoms with Crippen LogP contribution in [0.15, 0.2) is 12.1 Å². The molecule has 0 saturated heterocycles. The fraction of sp³-hybridized carbons (Fsp3) is 0.538. The van der Waals surface area contributed by atoms with Gasteiger partial charge in [-0.25, -0.2) is 4.79 Å². The maximum Gasteiger partial charge on any atom is 0.326 e. The standard InChI is InChI=1S/C13H16ClNO3S/c1-7(10-5-6-11(14)19-10)12(16)15(9-3-4-9)8(2)13(17)18/h5-9H,3-4H2,1-2H3,(H,17,18). The molecule has 1 heterocycles. The number of thiophene rings is 1. The van der Waals surface area contributed by atoms with Crippen molar-refractivity contribution in [1.82, 2.24) is 4.90 Å². The van der Waals surface area contributed by atoms with Crippen LogP contribution in [0.2, 0.25) is 4.34 Å². The molecule has 0 spiro atoms. The van der Waals surface area contributed by atoms with Crippen LogP contribution < -0.4 is 0 Å². The molecular formula is C13H16ClNO3S. The van der Waals surface area contributed by atoms with E-state index in [2.05, 4.69) is 0 Å². The van der Waals surface area contributed by atoms with Gasteiger partial charge in [0.05, 0.1) is 10.3 Å². The summed E-state index contributed by atoms with van der Waals surface area (Å²) in [4.78, 5) is 26.0. The number of carboxylic acids is 1. The summed E-state index contributed by atoms with van der Waals surface area (Å²) in [7, 11) is 0. The molecule has 2 rings (SSSR count). The number of hydrogen-bond donors (Lipinski definition) is 1. The van der Waals surface area contributed by atoms with Crippen molar-refractivity contribution in [2.45, 2.75) is 44.7 Å². The minimum atomic E-state index is -0.961. The number of halogens is 1. The zero-order chi connectivity index (χ0) is 14.2. The van der Waals surface area contributed by atoms with Crippen molar-refractivity contribution in [3.8, 4) is 0 Å². The molecule has 1 aliphatic rings. The Kier molecular flexibility index (Phi) is 4.16. The van der Waals surface area contributed by atoms with Crippen molar-refractivity contribution in [3.63, 3.8) is 0 Å². The molecule has 4 nitrogen and oxygen atoms in total. The molecule has 1 N–H and O–H groups in total. The Morgan fingerprint density at radius 2 is 2.05 bits per heavy atom. The van der Waals surface area contributed by atoms with Gasteiger partial charge < -0.3 is 10.0 Å². The van der Waals surface area contributed by atoms with Crippen molar-refractivity contribution < 1.29 is 14.7 Å². The van der Waals surface area contributed by atoms with Gasteiger partial charge in [-0.2, -0.15) is 0 Å². The number of amides is 1. The lowest BCUT2D eigenvalue weighted by atomic mass is 10.1. The molecule has 2 unspecified atom stereocenters. The highest BCUT2D eigenvalue weighted by atomic mass is 35.5. The number of carboxylic acid groups (broad SMARTS) is 1. The normalized spacial score (nSPS) is 17.8. The number of nitrogens with zero attached hydrogens (tertiary/aromatic N) is 1. The molecule has 1 aromatic heterocycles. The fourth-order valence-electron chi connectivity index (χ4n) is 2.07. The highest BCUT2D eigenvalue weighted by Crippen LogP contribution is 2.34. The second-order valence-electron chi connectivity index (χ2n) is 4.85. The summed E-state index contributed by atoms with van der Waals surface area (Å²) in [5.41, 5.74) is 0. The first-order valence-electron chi connectivity index (χ1n) is 6.22. The first-order valence-corrected chi connectivity index (χ1v) is 7.41. The number of aliphatic carboxylic acids is 1. The number of hydrogen-bond acceptors (Lipinski definition) is 3. The highest BCUT2D eigenvalue weighted by Gasteiger charge is 2.40. The van der Waals surface area contributed by atoms with Gasteiger partial charge in [-0.3, -0.25) is 4.79 Å². The number of rotatable bonds is 5. The summed E-state index contributed by atoms with van der Waals surface area (Å²) < 4.78 is 0.638. The van der Waals surface area contributed by atoms with Crippen LogP contribution >= 0.6 is 22.9 Å². The smallest absolute Gasteiger partial charge is 0.326 e. The van der Waals surface area contributed by atoms with Crippen LogP contribution in [-0.2, 0) is 9.59 Å². The van der Waals surface area contributed by atoms with E-state index < -0.39 is 12.0 Å². The average molecular weight is 302 g/mol. The summed E-state index contributed by atoms with van der Waals surface area (Å²) in [5.74, 6) is -1.44. The van der Waals surface area contributed by atoms with Gasteiger partial charge in [0.25, 0.3) is 0 Å². The SMILES string of the molecule is CC(C(=O)N(C1CC1)C(C)C(=O)O)c1ccc(Cl)s1. The maximum atomic E-state index is 12.5. The summed E-state index contributed by atoms with van der Waals surface area (Å²) in [6.45, 7) is 3.36. The van der Waals surface area contributed by atoms with Crippen LogP contribution in [0.1, 0.15) is 37.5 Å². The van der Waals surface area contributed by atoms with E-state index in [4.69, 9.17) is 16.7 Å². The van der Waals surface area contributed by atoms with Crippen molar-refractivity contribution >= 4 is 34.8 Å². The van der Waals surface area contributed by atoms with E-state index in [1.807, 2.05) is 6.07 Å². The lowest BCUT2D eigenvalue weighted by Crippen LogP contribution is -2.46. The van der Waals surface area contributed by atoms with Gasteiger partial charge in [-0.1, -0.05) is 11.6 Å². The molecule has 1 saturated carbocycles. The first kappa shape index (κ1) is 14.3. The van der Waals surface area contributed by atoms with Gasteiger partial charge >= 0.3 is 5.97 Å². The molecule has 0 aromatic carbocycles. The quantitative estimate of drug-likeness (QED) is 0.909. The summed E-state index contributed by atoms with van der Waals surface area (Å²) in [5, 5.41) is 9.12. The molecule has 104 valence electrons. The van der Waals surface area contributed by atoms with Crippen LogP contribution in [0.5, 0.6) is 0 Å². The van der Waals surface area contributed by atoms with Crippen LogP contribution in [0.25, 0.3) is 0 Å². The van der Waals surface area contributed by atoms with Crippen LogP contribution in [0, 0.1) is 0 Å². The second-order valence-corrected chi connectivity index (χ2v) is 6.60. The third kappa shape index (κ3) is 3.09. The predicted molar refractivity (Wildman–Crippen MR) is 74.7 cm³/mol. The van der Waals surface area contributed by atoms with Gasteiger partial charge in [0.1, 0.15) is 6.04 Å². The maximum absolute atomic E-state index is 12.5. The molecule has 1 fully saturated rings. The Hall–Kier alpha value is -1.07. The zero-order valence-electron chi connectivity index (χ0n) is 10.8.